The van der Waals surface area contributed by atoms with Crippen molar-refractivity contribution < 1.29 is 4.42 Å². The minimum Gasteiger partial charge on any atom is -0.456 e. The summed E-state index contributed by atoms with van der Waals surface area (Å²) in [5.41, 5.74) is 8.51. The summed E-state index contributed by atoms with van der Waals surface area (Å²) < 4.78 is 8.66. The molecule has 6 aromatic carbocycles. The number of furan rings is 1. The van der Waals surface area contributed by atoms with E-state index in [1.54, 1.807) is 0 Å². The molecule has 0 radical (unpaired) electrons. The fourth-order valence-corrected chi connectivity index (χ4v) is 6.75. The summed E-state index contributed by atoms with van der Waals surface area (Å²) in [5.74, 6) is 2.71. The van der Waals surface area contributed by atoms with Gasteiger partial charge in [-0.05, 0) is 35.7 Å². The Morgan fingerprint density at radius 1 is 0.435 bits per heavy atom. The van der Waals surface area contributed by atoms with Gasteiger partial charge in [0, 0.05) is 33.0 Å². The summed E-state index contributed by atoms with van der Waals surface area (Å²) in [6.07, 6.45) is 0. The normalized spacial score (nSPS) is 11.9. The van der Waals surface area contributed by atoms with Crippen molar-refractivity contribution in [2.24, 2.45) is 0 Å². The van der Waals surface area contributed by atoms with E-state index in [-0.39, 0.29) is 0 Å². The van der Waals surface area contributed by atoms with E-state index in [4.69, 9.17) is 24.4 Å². The number of aromatic nitrogens is 5. The lowest BCUT2D eigenvalue weighted by Crippen LogP contribution is -2.00. The first kappa shape index (κ1) is 25.0. The first-order chi connectivity index (χ1) is 22.8. The van der Waals surface area contributed by atoms with Gasteiger partial charge in [-0.1, -0.05) is 109 Å². The Balaban J connectivity index is 1.25. The van der Waals surface area contributed by atoms with Crippen molar-refractivity contribution in [3.63, 3.8) is 0 Å². The average molecular weight is 590 g/mol. The average Bonchev–Trinajstić information content (AvgIpc) is 3.67. The molecule has 10 aromatic rings. The van der Waals surface area contributed by atoms with Crippen molar-refractivity contribution in [2.45, 2.75) is 0 Å². The Labute approximate surface area is 262 Å². The number of imidazole rings is 1. The van der Waals surface area contributed by atoms with Crippen molar-refractivity contribution in [3.8, 4) is 45.6 Å². The molecule has 0 saturated carbocycles. The highest BCUT2D eigenvalue weighted by molar-refractivity contribution is 6.28. The Bertz CT molecular complexity index is 2690. The molecule has 6 heteroatoms. The summed E-state index contributed by atoms with van der Waals surface area (Å²) in [7, 11) is 0. The van der Waals surface area contributed by atoms with E-state index in [1.165, 1.54) is 0 Å². The van der Waals surface area contributed by atoms with Crippen LogP contribution in [0.2, 0.25) is 0 Å². The van der Waals surface area contributed by atoms with Gasteiger partial charge in [-0.2, -0.15) is 0 Å². The minimum atomic E-state index is 0.605. The van der Waals surface area contributed by atoms with E-state index in [1.807, 2.05) is 72.8 Å². The maximum absolute atomic E-state index is 6.37. The molecule has 0 aliphatic carbocycles. The van der Waals surface area contributed by atoms with Gasteiger partial charge >= 0.3 is 0 Å². The predicted octanol–water partition coefficient (Wildman–Crippen LogP) is 9.83. The second-order valence-electron chi connectivity index (χ2n) is 11.5. The SMILES string of the molecule is c1ccc(-c2nc(-c3ccccc3)nc(-c3cccc(-c4nc5ccc6oc7cccc8c9ccccc9n4c5c6c78)c3)n2)cc1. The van der Waals surface area contributed by atoms with Crippen LogP contribution in [0.1, 0.15) is 0 Å². The zero-order valence-electron chi connectivity index (χ0n) is 24.4. The van der Waals surface area contributed by atoms with Crippen LogP contribution in [0.15, 0.2) is 144 Å². The van der Waals surface area contributed by atoms with Crippen LogP contribution in [0.3, 0.4) is 0 Å². The molecule has 46 heavy (non-hydrogen) atoms. The fraction of sp³-hybridized carbons (Fsp3) is 0. The van der Waals surface area contributed by atoms with E-state index in [9.17, 15) is 0 Å². The Kier molecular flexibility index (Phi) is 5.19. The maximum Gasteiger partial charge on any atom is 0.164 e. The standard InChI is InChI=1S/C40H23N5O/c1-3-11-24(12-4-1)37-42-38(25-13-5-2-6-14-25)44-39(43-37)26-15-9-16-27(23-26)40-41-30-21-22-33-35-34-29(18-10-20-32(34)46-33)28-17-7-8-19-31(28)45(40)36(30)35/h1-23H. The summed E-state index contributed by atoms with van der Waals surface area (Å²) in [6, 6.07) is 47.4. The van der Waals surface area contributed by atoms with Crippen molar-refractivity contribution in [3.05, 3.63) is 140 Å². The molecule has 0 amide bonds. The van der Waals surface area contributed by atoms with E-state index in [2.05, 4.69) is 71.1 Å². The highest BCUT2D eigenvalue weighted by Crippen LogP contribution is 2.42. The number of rotatable bonds is 4. The molecular weight excluding hydrogens is 566 g/mol. The number of hydrogen-bond donors (Lipinski definition) is 0. The van der Waals surface area contributed by atoms with Gasteiger partial charge in [0.15, 0.2) is 17.5 Å². The highest BCUT2D eigenvalue weighted by Gasteiger charge is 2.22. The molecule has 0 bridgehead atoms. The van der Waals surface area contributed by atoms with Crippen molar-refractivity contribution in [2.75, 3.05) is 0 Å². The van der Waals surface area contributed by atoms with Gasteiger partial charge in [-0.3, -0.25) is 4.40 Å². The van der Waals surface area contributed by atoms with Crippen molar-refractivity contribution in [1.29, 1.82) is 0 Å². The molecule has 10 rings (SSSR count). The van der Waals surface area contributed by atoms with Gasteiger partial charge in [0.25, 0.3) is 0 Å². The van der Waals surface area contributed by atoms with Crippen LogP contribution >= 0.6 is 0 Å². The lowest BCUT2D eigenvalue weighted by atomic mass is 10.1. The van der Waals surface area contributed by atoms with Gasteiger partial charge in [0.1, 0.15) is 17.0 Å². The van der Waals surface area contributed by atoms with E-state index in [0.29, 0.717) is 17.5 Å². The third-order valence-corrected chi connectivity index (χ3v) is 8.79. The monoisotopic (exact) mass is 589 g/mol. The van der Waals surface area contributed by atoms with Crippen LogP contribution in [-0.2, 0) is 0 Å². The number of hydrogen-bond acceptors (Lipinski definition) is 5. The molecule has 4 aromatic heterocycles. The molecular formula is C40H23N5O. The molecule has 0 fully saturated rings. The van der Waals surface area contributed by atoms with Crippen molar-refractivity contribution >= 4 is 49.3 Å². The molecule has 0 spiro atoms. The number of benzene rings is 6. The molecule has 6 nitrogen and oxygen atoms in total. The fourth-order valence-electron chi connectivity index (χ4n) is 6.75. The molecule has 0 atom stereocenters. The summed E-state index contributed by atoms with van der Waals surface area (Å²) >= 11 is 0. The Morgan fingerprint density at radius 2 is 1.02 bits per heavy atom. The second kappa shape index (κ2) is 9.55. The molecule has 0 aliphatic heterocycles. The lowest BCUT2D eigenvalue weighted by Gasteiger charge is -2.09. The van der Waals surface area contributed by atoms with Crippen LogP contribution in [0.5, 0.6) is 0 Å². The highest BCUT2D eigenvalue weighted by atomic mass is 16.3. The Hall–Kier alpha value is -6.40. The van der Waals surface area contributed by atoms with Gasteiger partial charge in [-0.15, -0.1) is 0 Å². The molecule has 4 heterocycles. The minimum absolute atomic E-state index is 0.605. The first-order valence-electron chi connectivity index (χ1n) is 15.2. The third-order valence-electron chi connectivity index (χ3n) is 8.79. The molecule has 0 aliphatic rings. The van der Waals surface area contributed by atoms with Gasteiger partial charge in [-0.25, -0.2) is 19.9 Å². The Morgan fingerprint density at radius 3 is 1.78 bits per heavy atom. The zero-order valence-corrected chi connectivity index (χ0v) is 24.4. The summed E-state index contributed by atoms with van der Waals surface area (Å²) in [4.78, 5) is 20.1. The number of nitrogens with zero attached hydrogens (tertiary/aromatic N) is 5. The molecule has 0 unspecified atom stereocenters. The maximum atomic E-state index is 6.37. The smallest absolute Gasteiger partial charge is 0.164 e. The summed E-state index contributed by atoms with van der Waals surface area (Å²) in [6.45, 7) is 0. The molecule has 0 N–H and O–H groups in total. The zero-order chi connectivity index (χ0) is 30.2. The topological polar surface area (TPSA) is 69.1 Å². The van der Waals surface area contributed by atoms with E-state index >= 15 is 0 Å². The number of fused-ring (bicyclic) bond motifs is 3. The van der Waals surface area contributed by atoms with Crippen LogP contribution in [0.4, 0.5) is 0 Å². The molecule has 214 valence electrons. The second-order valence-corrected chi connectivity index (χ2v) is 11.5. The van der Waals surface area contributed by atoms with Crippen LogP contribution in [0.25, 0.3) is 94.8 Å². The van der Waals surface area contributed by atoms with Crippen molar-refractivity contribution in [1.82, 2.24) is 24.3 Å². The van der Waals surface area contributed by atoms with Gasteiger partial charge < -0.3 is 4.42 Å². The molecule has 0 saturated heterocycles. The van der Waals surface area contributed by atoms with E-state index < -0.39 is 0 Å². The first-order valence-corrected chi connectivity index (χ1v) is 15.2. The number of para-hydroxylation sites is 1. The largest absolute Gasteiger partial charge is 0.456 e. The predicted molar refractivity (Wildman–Crippen MR) is 184 cm³/mol. The van der Waals surface area contributed by atoms with E-state index in [0.717, 1.165) is 77.3 Å². The lowest BCUT2D eigenvalue weighted by molar-refractivity contribution is 0.669. The van der Waals surface area contributed by atoms with Crippen LogP contribution in [-0.4, -0.2) is 24.3 Å². The van der Waals surface area contributed by atoms with Crippen LogP contribution in [0, 0.1) is 0 Å². The van der Waals surface area contributed by atoms with Gasteiger partial charge in [0.2, 0.25) is 0 Å². The van der Waals surface area contributed by atoms with Gasteiger partial charge in [0.05, 0.1) is 21.9 Å². The van der Waals surface area contributed by atoms with Crippen LogP contribution < -0.4 is 0 Å². The third kappa shape index (κ3) is 3.64. The quantitative estimate of drug-likeness (QED) is 0.204. The summed E-state index contributed by atoms with van der Waals surface area (Å²) in [5, 5.41) is 4.52.